The maximum atomic E-state index is 13.1. The van der Waals surface area contributed by atoms with E-state index in [1.165, 1.54) is 18.2 Å². The summed E-state index contributed by atoms with van der Waals surface area (Å²) in [6, 6.07) is 10.2. The molecule has 5 nitrogen and oxygen atoms in total. The highest BCUT2D eigenvalue weighted by Gasteiger charge is 2.36. The molecule has 1 heterocycles. The maximum Gasteiger partial charge on any atom is 0.241 e. The number of rotatable bonds is 5. The number of amides is 1. The van der Waals surface area contributed by atoms with Crippen LogP contribution in [-0.4, -0.2) is 20.9 Å². The summed E-state index contributed by atoms with van der Waals surface area (Å²) >= 11 is 0. The van der Waals surface area contributed by atoms with E-state index in [-0.39, 0.29) is 22.5 Å². The third-order valence-corrected chi connectivity index (χ3v) is 6.69. The van der Waals surface area contributed by atoms with Crippen molar-refractivity contribution in [3.8, 4) is 0 Å². The van der Waals surface area contributed by atoms with Crippen molar-refractivity contribution >= 4 is 21.6 Å². The van der Waals surface area contributed by atoms with Crippen LogP contribution in [-0.2, 0) is 21.2 Å². The Kier molecular flexibility index (Phi) is 4.52. The van der Waals surface area contributed by atoms with Crippen LogP contribution in [0.15, 0.2) is 47.4 Å². The van der Waals surface area contributed by atoms with Crippen molar-refractivity contribution in [3.05, 3.63) is 59.4 Å². The molecule has 1 aliphatic heterocycles. The van der Waals surface area contributed by atoms with E-state index in [0.29, 0.717) is 18.5 Å². The molecule has 0 saturated heterocycles. The number of carbonyl (C=O) groups excluding carboxylic acids is 1. The SMILES string of the molecule is C[C@@H](NS(=O)(=O)c1ccc2c(c1)CCN2C(=O)C1CC1)c1ccc(F)cc1. The number of nitrogens with one attached hydrogen (secondary N) is 1. The maximum absolute atomic E-state index is 13.1. The molecule has 0 unspecified atom stereocenters. The summed E-state index contributed by atoms with van der Waals surface area (Å²) in [5, 5.41) is 0. The topological polar surface area (TPSA) is 66.5 Å². The van der Waals surface area contributed by atoms with E-state index in [4.69, 9.17) is 0 Å². The van der Waals surface area contributed by atoms with Crippen molar-refractivity contribution in [2.75, 3.05) is 11.4 Å². The molecule has 0 aromatic heterocycles. The van der Waals surface area contributed by atoms with Crippen LogP contribution in [0.1, 0.15) is 36.9 Å². The summed E-state index contributed by atoms with van der Waals surface area (Å²) in [5.74, 6) is -0.0808. The average molecular weight is 388 g/mol. The lowest BCUT2D eigenvalue weighted by molar-refractivity contribution is -0.119. The molecule has 1 amide bonds. The van der Waals surface area contributed by atoms with Gasteiger partial charge in [-0.25, -0.2) is 17.5 Å². The Labute approximate surface area is 158 Å². The first-order chi connectivity index (χ1) is 12.8. The van der Waals surface area contributed by atoms with Gasteiger partial charge in [0.2, 0.25) is 15.9 Å². The van der Waals surface area contributed by atoms with E-state index in [0.717, 1.165) is 24.1 Å². The Morgan fingerprint density at radius 1 is 1.19 bits per heavy atom. The number of hydrogen-bond acceptors (Lipinski definition) is 3. The number of halogens is 1. The van der Waals surface area contributed by atoms with E-state index < -0.39 is 16.1 Å². The molecule has 0 spiro atoms. The second-order valence-corrected chi connectivity index (χ2v) is 8.91. The molecule has 1 aliphatic carbocycles. The predicted molar refractivity (Wildman–Crippen MR) is 100 cm³/mol. The van der Waals surface area contributed by atoms with E-state index in [1.807, 2.05) is 0 Å². The smallest absolute Gasteiger partial charge is 0.241 e. The van der Waals surface area contributed by atoms with E-state index in [1.54, 1.807) is 36.1 Å². The van der Waals surface area contributed by atoms with Gasteiger partial charge in [0.1, 0.15) is 5.82 Å². The van der Waals surface area contributed by atoms with Gasteiger partial charge in [-0.2, -0.15) is 0 Å². The molecule has 1 fully saturated rings. The highest BCUT2D eigenvalue weighted by molar-refractivity contribution is 7.89. The van der Waals surface area contributed by atoms with Crippen molar-refractivity contribution in [2.45, 2.75) is 37.1 Å². The molecule has 2 aromatic rings. The van der Waals surface area contributed by atoms with Gasteiger partial charge in [0.25, 0.3) is 0 Å². The molecule has 142 valence electrons. The lowest BCUT2D eigenvalue weighted by Crippen LogP contribution is -2.30. The second-order valence-electron chi connectivity index (χ2n) is 7.20. The number of sulfonamides is 1. The molecule has 4 rings (SSSR count). The summed E-state index contributed by atoms with van der Waals surface area (Å²) in [7, 11) is -3.73. The summed E-state index contributed by atoms with van der Waals surface area (Å²) < 4.78 is 41.2. The molecule has 27 heavy (non-hydrogen) atoms. The highest BCUT2D eigenvalue weighted by Crippen LogP contribution is 2.37. The van der Waals surface area contributed by atoms with Crippen molar-refractivity contribution in [3.63, 3.8) is 0 Å². The van der Waals surface area contributed by atoms with E-state index in [2.05, 4.69) is 4.72 Å². The number of hydrogen-bond donors (Lipinski definition) is 1. The molecule has 0 radical (unpaired) electrons. The Bertz CT molecular complexity index is 985. The van der Waals surface area contributed by atoms with Gasteiger partial charge in [-0.3, -0.25) is 4.79 Å². The fourth-order valence-electron chi connectivity index (χ4n) is 3.45. The minimum absolute atomic E-state index is 0.137. The van der Waals surface area contributed by atoms with Crippen LogP contribution in [0, 0.1) is 11.7 Å². The van der Waals surface area contributed by atoms with E-state index >= 15 is 0 Å². The zero-order valence-corrected chi connectivity index (χ0v) is 15.8. The van der Waals surface area contributed by atoms with E-state index in [9.17, 15) is 17.6 Å². The summed E-state index contributed by atoms with van der Waals surface area (Å²) in [6.07, 6.45) is 2.55. The quantitative estimate of drug-likeness (QED) is 0.856. The van der Waals surface area contributed by atoms with Crippen LogP contribution in [0.2, 0.25) is 0 Å². The molecular formula is C20H21FN2O3S. The number of fused-ring (bicyclic) bond motifs is 1. The lowest BCUT2D eigenvalue weighted by Gasteiger charge is -2.18. The Morgan fingerprint density at radius 2 is 1.89 bits per heavy atom. The molecular weight excluding hydrogens is 367 g/mol. The van der Waals surface area contributed by atoms with Gasteiger partial charge >= 0.3 is 0 Å². The minimum atomic E-state index is -3.73. The minimum Gasteiger partial charge on any atom is -0.312 e. The number of carbonyl (C=O) groups is 1. The molecule has 1 N–H and O–H groups in total. The third kappa shape index (κ3) is 3.61. The fourth-order valence-corrected chi connectivity index (χ4v) is 4.73. The van der Waals surface area contributed by atoms with Crippen LogP contribution in [0.4, 0.5) is 10.1 Å². The highest BCUT2D eigenvalue weighted by atomic mass is 32.2. The van der Waals surface area contributed by atoms with Gasteiger partial charge in [0.05, 0.1) is 4.90 Å². The lowest BCUT2D eigenvalue weighted by atomic mass is 10.1. The summed E-state index contributed by atoms with van der Waals surface area (Å²) in [5.41, 5.74) is 2.38. The van der Waals surface area contributed by atoms with Crippen molar-refractivity contribution in [1.82, 2.24) is 4.72 Å². The first-order valence-corrected chi connectivity index (χ1v) is 10.6. The predicted octanol–water partition coefficient (Wildman–Crippen LogP) is 3.16. The van der Waals surface area contributed by atoms with Crippen LogP contribution in [0.3, 0.4) is 0 Å². The van der Waals surface area contributed by atoms with Gasteiger partial charge < -0.3 is 4.90 Å². The van der Waals surface area contributed by atoms with Crippen molar-refractivity contribution in [1.29, 1.82) is 0 Å². The monoisotopic (exact) mass is 388 g/mol. The molecule has 2 aromatic carbocycles. The molecule has 1 saturated carbocycles. The standard InChI is InChI=1S/C20H21FN2O3S/c1-13(14-4-6-17(21)7-5-14)22-27(25,26)18-8-9-19-16(12-18)10-11-23(19)20(24)15-2-3-15/h4-9,12-13,15,22H,2-3,10-11H2,1H3/t13-/m1/s1. The van der Waals surface area contributed by atoms with Gasteiger partial charge in [0.15, 0.2) is 0 Å². The molecule has 0 bridgehead atoms. The number of benzene rings is 2. The van der Waals surface area contributed by atoms with Crippen molar-refractivity contribution < 1.29 is 17.6 Å². The zero-order chi connectivity index (χ0) is 19.2. The largest absolute Gasteiger partial charge is 0.312 e. The second kappa shape index (κ2) is 6.73. The average Bonchev–Trinajstić information content (AvgIpc) is 3.40. The Hall–Kier alpha value is -2.25. The van der Waals surface area contributed by atoms with Crippen LogP contribution in [0.5, 0.6) is 0 Å². The zero-order valence-electron chi connectivity index (χ0n) is 15.0. The number of anilines is 1. The van der Waals surface area contributed by atoms with Crippen molar-refractivity contribution in [2.24, 2.45) is 5.92 Å². The summed E-state index contributed by atoms with van der Waals surface area (Å²) in [4.78, 5) is 14.3. The molecule has 1 atom stereocenters. The van der Waals surface area contributed by atoms with Gasteiger partial charge in [-0.15, -0.1) is 0 Å². The fraction of sp³-hybridized carbons (Fsp3) is 0.350. The van der Waals surface area contributed by atoms with Gasteiger partial charge in [-0.05, 0) is 67.6 Å². The normalized spacial score (nSPS) is 17.6. The van der Waals surface area contributed by atoms with Gasteiger partial charge in [0, 0.05) is 24.2 Å². The third-order valence-electron chi connectivity index (χ3n) is 5.15. The number of nitrogens with zero attached hydrogens (tertiary/aromatic N) is 1. The molecule has 2 aliphatic rings. The first kappa shape index (κ1) is 18.1. The van der Waals surface area contributed by atoms with Crippen LogP contribution < -0.4 is 9.62 Å². The Balaban J connectivity index is 1.54. The summed E-state index contributed by atoms with van der Waals surface area (Å²) in [6.45, 7) is 2.32. The molecule has 7 heteroatoms. The van der Waals surface area contributed by atoms with Gasteiger partial charge in [-0.1, -0.05) is 12.1 Å². The van der Waals surface area contributed by atoms with Crippen LogP contribution in [0.25, 0.3) is 0 Å². The first-order valence-electron chi connectivity index (χ1n) is 9.07. The van der Waals surface area contributed by atoms with Crippen LogP contribution >= 0.6 is 0 Å². The Morgan fingerprint density at radius 3 is 2.56 bits per heavy atom.